The second-order valence-electron chi connectivity index (χ2n) is 7.49. The van der Waals surface area contributed by atoms with Crippen LogP contribution >= 0.6 is 0 Å². The second-order valence-corrected chi connectivity index (χ2v) is 11.7. The van der Waals surface area contributed by atoms with Crippen LogP contribution in [0.4, 0.5) is 4.39 Å². The van der Waals surface area contributed by atoms with Gasteiger partial charge in [0.25, 0.3) is 8.32 Å². The molecule has 128 valence electrons. The first-order chi connectivity index (χ1) is 11.4. The lowest BCUT2D eigenvalue weighted by Crippen LogP contribution is -2.68. The van der Waals surface area contributed by atoms with Gasteiger partial charge in [0.15, 0.2) is 0 Å². The van der Waals surface area contributed by atoms with Crippen molar-refractivity contribution in [1.29, 1.82) is 0 Å². The van der Waals surface area contributed by atoms with Crippen LogP contribution in [0.1, 0.15) is 20.8 Å². The molecular formula is C20H26FNOSi. The molecule has 1 N–H and O–H groups in total. The molecular weight excluding hydrogens is 317 g/mol. The Hall–Kier alpha value is -1.49. The highest BCUT2D eigenvalue weighted by Crippen LogP contribution is 2.38. The molecule has 4 heteroatoms. The van der Waals surface area contributed by atoms with E-state index in [2.05, 4.69) is 74.6 Å². The number of hydrogen-bond acceptors (Lipinski definition) is 2. The predicted molar refractivity (Wildman–Crippen MR) is 100 cm³/mol. The number of benzene rings is 2. The van der Waals surface area contributed by atoms with Gasteiger partial charge in [0.1, 0.15) is 6.17 Å². The third-order valence-corrected chi connectivity index (χ3v) is 9.89. The van der Waals surface area contributed by atoms with Crippen molar-refractivity contribution in [2.75, 3.05) is 13.1 Å². The van der Waals surface area contributed by atoms with Gasteiger partial charge in [-0.15, -0.1) is 0 Å². The first-order valence-electron chi connectivity index (χ1n) is 8.59. The first kappa shape index (κ1) is 17.3. The molecule has 2 nitrogen and oxygen atoms in total. The van der Waals surface area contributed by atoms with E-state index in [1.807, 2.05) is 12.1 Å². The van der Waals surface area contributed by atoms with E-state index in [9.17, 15) is 4.39 Å². The van der Waals surface area contributed by atoms with Gasteiger partial charge in [0, 0.05) is 13.1 Å². The monoisotopic (exact) mass is 343 g/mol. The average molecular weight is 344 g/mol. The molecule has 1 heterocycles. The number of nitrogens with one attached hydrogen (secondary N) is 1. The minimum absolute atomic E-state index is 0.113. The zero-order valence-corrected chi connectivity index (χ0v) is 15.6. The van der Waals surface area contributed by atoms with Crippen LogP contribution in [0.5, 0.6) is 0 Å². The summed E-state index contributed by atoms with van der Waals surface area (Å²) in [5, 5.41) is 5.40. The van der Waals surface area contributed by atoms with Crippen LogP contribution in [0.3, 0.4) is 0 Å². The Kier molecular flexibility index (Phi) is 4.90. The molecule has 2 aromatic carbocycles. The maximum Gasteiger partial charge on any atom is 0.261 e. The highest BCUT2D eigenvalue weighted by atomic mass is 28.4. The normalized spacial score (nSPS) is 21.8. The van der Waals surface area contributed by atoms with Crippen LogP contribution < -0.4 is 15.7 Å². The summed E-state index contributed by atoms with van der Waals surface area (Å²) in [4.78, 5) is 0. The lowest BCUT2D eigenvalue weighted by molar-refractivity contribution is 0.130. The molecule has 0 radical (unpaired) electrons. The minimum Gasteiger partial charge on any atom is -0.400 e. The van der Waals surface area contributed by atoms with Gasteiger partial charge in [-0.1, -0.05) is 81.4 Å². The summed E-state index contributed by atoms with van der Waals surface area (Å²) in [5.41, 5.74) is 0. The standard InChI is InChI=1S/C20H26FNOSi/c1-20(2,3)24(16-10-6-4-7-11-16,17-12-8-5-9-13-17)23-19-15-22-14-18(19)21/h4-13,18-19,22H,14-15H2,1-3H3/t18-,19-/m0/s1. The van der Waals surface area contributed by atoms with Crippen LogP contribution in [0, 0.1) is 0 Å². The molecule has 24 heavy (non-hydrogen) atoms. The smallest absolute Gasteiger partial charge is 0.261 e. The molecule has 0 unspecified atom stereocenters. The molecule has 1 fully saturated rings. The van der Waals surface area contributed by atoms with Crippen LogP contribution in [0.25, 0.3) is 0 Å². The van der Waals surface area contributed by atoms with Gasteiger partial charge in [-0.2, -0.15) is 0 Å². The quantitative estimate of drug-likeness (QED) is 0.862. The summed E-state index contributed by atoms with van der Waals surface area (Å²) >= 11 is 0. The predicted octanol–water partition coefficient (Wildman–Crippen LogP) is 2.87. The minimum atomic E-state index is -2.64. The molecule has 1 aliphatic heterocycles. The SMILES string of the molecule is CC(C)(C)[Si](O[C@H]1CNC[C@@H]1F)(c1ccccc1)c1ccccc1. The van der Waals surface area contributed by atoms with Gasteiger partial charge in [-0.25, -0.2) is 4.39 Å². The first-order valence-corrected chi connectivity index (χ1v) is 10.5. The molecule has 0 aromatic heterocycles. The van der Waals surface area contributed by atoms with E-state index in [0.717, 1.165) is 0 Å². The number of halogens is 1. The van der Waals surface area contributed by atoms with E-state index in [1.54, 1.807) is 0 Å². The van der Waals surface area contributed by atoms with Crippen molar-refractivity contribution in [1.82, 2.24) is 5.32 Å². The van der Waals surface area contributed by atoms with Crippen LogP contribution in [-0.2, 0) is 4.43 Å². The van der Waals surface area contributed by atoms with E-state index in [0.29, 0.717) is 13.1 Å². The van der Waals surface area contributed by atoms with E-state index in [-0.39, 0.29) is 5.04 Å². The molecule has 0 saturated carbocycles. The van der Waals surface area contributed by atoms with Crippen molar-refractivity contribution in [3.63, 3.8) is 0 Å². The molecule has 0 amide bonds. The molecule has 0 aliphatic carbocycles. The Morgan fingerprint density at radius 1 is 0.917 bits per heavy atom. The van der Waals surface area contributed by atoms with Gasteiger partial charge >= 0.3 is 0 Å². The highest BCUT2D eigenvalue weighted by Gasteiger charge is 2.52. The lowest BCUT2D eigenvalue weighted by atomic mass is 10.2. The van der Waals surface area contributed by atoms with Gasteiger partial charge in [0.2, 0.25) is 0 Å². The Balaban J connectivity index is 2.17. The summed E-state index contributed by atoms with van der Waals surface area (Å²) in [6, 6.07) is 20.8. The largest absolute Gasteiger partial charge is 0.400 e. The Morgan fingerprint density at radius 3 is 1.79 bits per heavy atom. The van der Waals surface area contributed by atoms with Gasteiger partial charge < -0.3 is 9.74 Å². The molecule has 0 spiro atoms. The Labute approximate surface area is 145 Å². The summed E-state index contributed by atoms with van der Waals surface area (Å²) in [6.45, 7) is 7.60. The van der Waals surface area contributed by atoms with Crippen LogP contribution in [-0.4, -0.2) is 33.7 Å². The van der Waals surface area contributed by atoms with E-state index >= 15 is 0 Å². The van der Waals surface area contributed by atoms with Crippen LogP contribution in [0.2, 0.25) is 5.04 Å². The number of hydrogen-bond donors (Lipinski definition) is 1. The highest BCUT2D eigenvalue weighted by molar-refractivity contribution is 6.99. The molecule has 1 saturated heterocycles. The Morgan fingerprint density at radius 2 is 1.42 bits per heavy atom. The third kappa shape index (κ3) is 3.06. The van der Waals surface area contributed by atoms with E-state index in [4.69, 9.17) is 4.43 Å². The number of alkyl halides is 1. The summed E-state index contributed by atoms with van der Waals surface area (Å²) < 4.78 is 21.1. The van der Waals surface area contributed by atoms with Gasteiger partial charge in [0.05, 0.1) is 6.10 Å². The summed E-state index contributed by atoms with van der Waals surface area (Å²) in [6.07, 6.45) is -1.34. The third-order valence-electron chi connectivity index (χ3n) is 4.83. The van der Waals surface area contributed by atoms with Gasteiger partial charge in [-0.05, 0) is 15.4 Å². The fourth-order valence-corrected chi connectivity index (χ4v) is 8.36. The zero-order valence-electron chi connectivity index (χ0n) is 14.6. The number of rotatable bonds is 4. The van der Waals surface area contributed by atoms with Crippen LogP contribution in [0.15, 0.2) is 60.7 Å². The maximum atomic E-state index is 14.4. The van der Waals surface area contributed by atoms with E-state index < -0.39 is 20.6 Å². The Bertz CT molecular complexity index is 617. The lowest BCUT2D eigenvalue weighted by Gasteiger charge is -2.44. The molecule has 2 aromatic rings. The molecule has 1 aliphatic rings. The maximum absolute atomic E-state index is 14.4. The van der Waals surface area contributed by atoms with Crippen molar-refractivity contribution in [3.05, 3.63) is 60.7 Å². The van der Waals surface area contributed by atoms with Crippen molar-refractivity contribution in [2.24, 2.45) is 0 Å². The summed E-state index contributed by atoms with van der Waals surface area (Å²) in [5.74, 6) is 0. The van der Waals surface area contributed by atoms with Crippen molar-refractivity contribution in [3.8, 4) is 0 Å². The van der Waals surface area contributed by atoms with Crippen molar-refractivity contribution < 1.29 is 8.82 Å². The van der Waals surface area contributed by atoms with Gasteiger partial charge in [-0.3, -0.25) is 0 Å². The van der Waals surface area contributed by atoms with E-state index in [1.165, 1.54) is 10.4 Å². The average Bonchev–Trinajstić information content (AvgIpc) is 2.98. The topological polar surface area (TPSA) is 21.3 Å². The molecule has 3 rings (SSSR count). The summed E-state index contributed by atoms with van der Waals surface area (Å²) in [7, 11) is -2.64. The van der Waals surface area contributed by atoms with Crippen molar-refractivity contribution in [2.45, 2.75) is 38.1 Å². The molecule has 0 bridgehead atoms. The van der Waals surface area contributed by atoms with Crippen molar-refractivity contribution >= 4 is 18.7 Å². The zero-order chi connectivity index (χ0) is 17.2. The fraction of sp³-hybridized carbons (Fsp3) is 0.400. The second kappa shape index (κ2) is 6.79. The fourth-order valence-electron chi connectivity index (χ4n) is 3.66. The molecule has 2 atom stereocenters.